The van der Waals surface area contributed by atoms with Crippen molar-refractivity contribution in [3.8, 4) is 0 Å². The molecule has 2 amide bonds. The van der Waals surface area contributed by atoms with E-state index in [0.29, 0.717) is 5.92 Å². The Hall–Kier alpha value is -1.88. The van der Waals surface area contributed by atoms with Gasteiger partial charge in [0, 0.05) is 10.7 Å². The number of rotatable bonds is 2. The highest BCUT2D eigenvalue weighted by atomic mass is 32.1. The number of nitrogens with zero attached hydrogens (tertiary/aromatic N) is 1. The Balaban J connectivity index is 1.75. The predicted molar refractivity (Wildman–Crippen MR) is 96.1 cm³/mol. The quantitative estimate of drug-likeness (QED) is 0.908. The molecule has 1 aromatic heterocycles. The van der Waals surface area contributed by atoms with E-state index in [1.807, 2.05) is 30.0 Å². The summed E-state index contributed by atoms with van der Waals surface area (Å²) in [5.74, 6) is 0.0540. The average molecular weight is 342 g/mol. The van der Waals surface area contributed by atoms with E-state index >= 15 is 0 Å². The van der Waals surface area contributed by atoms with Crippen molar-refractivity contribution in [1.29, 1.82) is 0 Å². The number of nitrogens with two attached hydrogens (primary N) is 1. The maximum absolute atomic E-state index is 13.3. The summed E-state index contributed by atoms with van der Waals surface area (Å²) in [6.07, 6.45) is 5.14. The first kappa shape index (κ1) is 15.6. The van der Waals surface area contributed by atoms with Crippen LogP contribution >= 0.6 is 11.3 Å². The summed E-state index contributed by atoms with van der Waals surface area (Å²) < 4.78 is 1.12. The number of primary amides is 1. The minimum atomic E-state index is -0.449. The zero-order valence-electron chi connectivity index (χ0n) is 13.8. The number of aryl methyl sites for hydroxylation is 1. The van der Waals surface area contributed by atoms with Gasteiger partial charge in [0.25, 0.3) is 5.91 Å². The molecule has 1 aliphatic heterocycles. The molecule has 2 heterocycles. The third-order valence-electron chi connectivity index (χ3n) is 5.69. The number of carbonyl (C=O) groups is 2. The second kappa shape index (κ2) is 5.88. The highest BCUT2D eigenvalue weighted by Crippen LogP contribution is 2.42. The predicted octanol–water partition coefficient (Wildman–Crippen LogP) is 3.47. The molecule has 1 saturated heterocycles. The molecule has 0 bridgehead atoms. The Kier molecular flexibility index (Phi) is 3.83. The average Bonchev–Trinajstić information content (AvgIpc) is 3.13. The zero-order chi connectivity index (χ0) is 16.8. The van der Waals surface area contributed by atoms with Crippen molar-refractivity contribution >= 4 is 33.2 Å². The van der Waals surface area contributed by atoms with Crippen molar-refractivity contribution in [2.45, 2.75) is 51.1 Å². The SMILES string of the molecule is Cc1c(C(=O)N2[C@@H]3CCCC[C@H]3C[C@H]2C(N)=O)sc2ccccc12. The largest absolute Gasteiger partial charge is 0.368 e. The second-order valence-electron chi connectivity index (χ2n) is 7.03. The molecule has 0 radical (unpaired) electrons. The van der Waals surface area contributed by atoms with Crippen molar-refractivity contribution < 1.29 is 9.59 Å². The van der Waals surface area contributed by atoms with Crippen LogP contribution in [0.4, 0.5) is 0 Å². The van der Waals surface area contributed by atoms with E-state index in [1.165, 1.54) is 17.8 Å². The van der Waals surface area contributed by atoms with Gasteiger partial charge in [-0.1, -0.05) is 31.0 Å². The molecule has 4 nitrogen and oxygen atoms in total. The van der Waals surface area contributed by atoms with Gasteiger partial charge in [-0.3, -0.25) is 9.59 Å². The maximum Gasteiger partial charge on any atom is 0.265 e. The molecule has 126 valence electrons. The van der Waals surface area contributed by atoms with Crippen LogP contribution < -0.4 is 5.73 Å². The minimum absolute atomic E-state index is 0.00750. The van der Waals surface area contributed by atoms with Crippen LogP contribution in [0.1, 0.15) is 47.3 Å². The van der Waals surface area contributed by atoms with Gasteiger partial charge < -0.3 is 10.6 Å². The van der Waals surface area contributed by atoms with Crippen LogP contribution in [0.3, 0.4) is 0 Å². The molecule has 2 fully saturated rings. The maximum atomic E-state index is 13.3. The van der Waals surface area contributed by atoms with E-state index < -0.39 is 6.04 Å². The van der Waals surface area contributed by atoms with Crippen LogP contribution in [0.5, 0.6) is 0 Å². The number of amides is 2. The van der Waals surface area contributed by atoms with Crippen LogP contribution in [0.15, 0.2) is 24.3 Å². The monoisotopic (exact) mass is 342 g/mol. The van der Waals surface area contributed by atoms with Crippen molar-refractivity contribution in [2.75, 3.05) is 0 Å². The molecule has 1 aromatic carbocycles. The number of fused-ring (bicyclic) bond motifs is 2. The third-order valence-corrected chi connectivity index (χ3v) is 6.95. The number of thiophene rings is 1. The summed E-state index contributed by atoms with van der Waals surface area (Å²) in [5, 5.41) is 1.13. The first-order valence-corrected chi connectivity index (χ1v) is 9.49. The Morgan fingerprint density at radius 2 is 1.96 bits per heavy atom. The summed E-state index contributed by atoms with van der Waals surface area (Å²) in [6.45, 7) is 2.00. The van der Waals surface area contributed by atoms with Crippen molar-refractivity contribution in [3.63, 3.8) is 0 Å². The summed E-state index contributed by atoms with van der Waals surface area (Å²) in [4.78, 5) is 27.9. The van der Waals surface area contributed by atoms with E-state index in [1.54, 1.807) is 0 Å². The molecule has 4 rings (SSSR count). The summed E-state index contributed by atoms with van der Waals surface area (Å²) in [6, 6.07) is 7.81. The molecule has 2 N–H and O–H groups in total. The van der Waals surface area contributed by atoms with Gasteiger partial charge in [0.15, 0.2) is 0 Å². The molecule has 24 heavy (non-hydrogen) atoms. The van der Waals surface area contributed by atoms with Gasteiger partial charge in [-0.05, 0) is 49.1 Å². The lowest BCUT2D eigenvalue weighted by molar-refractivity contribution is -0.122. The molecule has 0 spiro atoms. The normalized spacial score (nSPS) is 26.5. The van der Waals surface area contributed by atoms with Gasteiger partial charge in [0.1, 0.15) is 6.04 Å². The van der Waals surface area contributed by atoms with Crippen LogP contribution in [0.2, 0.25) is 0 Å². The zero-order valence-corrected chi connectivity index (χ0v) is 14.6. The topological polar surface area (TPSA) is 63.4 Å². The van der Waals surface area contributed by atoms with Crippen molar-refractivity contribution in [1.82, 2.24) is 4.90 Å². The standard InChI is InChI=1S/C19H22N2O2S/c1-11-13-7-3-5-9-16(13)24-17(11)19(23)21-14-8-4-2-6-12(14)10-15(21)18(20)22/h3,5,7,9,12,14-15H,2,4,6,8,10H2,1H3,(H2,20,22)/t12-,14+,15-/m0/s1. The molecule has 1 aliphatic carbocycles. The molecule has 2 aliphatic rings. The van der Waals surface area contributed by atoms with Crippen molar-refractivity contribution in [3.05, 3.63) is 34.7 Å². The number of benzene rings is 1. The lowest BCUT2D eigenvalue weighted by Crippen LogP contribution is -2.48. The first-order valence-electron chi connectivity index (χ1n) is 8.68. The number of hydrogen-bond acceptors (Lipinski definition) is 3. The number of hydrogen-bond donors (Lipinski definition) is 1. The number of carbonyl (C=O) groups excluding carboxylic acids is 2. The fraction of sp³-hybridized carbons (Fsp3) is 0.474. The smallest absolute Gasteiger partial charge is 0.265 e. The molecule has 3 atom stereocenters. The Morgan fingerprint density at radius 1 is 1.21 bits per heavy atom. The number of likely N-dealkylation sites (tertiary alicyclic amines) is 1. The Morgan fingerprint density at radius 3 is 2.71 bits per heavy atom. The van der Waals surface area contributed by atoms with E-state index in [9.17, 15) is 9.59 Å². The van der Waals surface area contributed by atoms with E-state index in [4.69, 9.17) is 5.73 Å². The Labute approximate surface area is 145 Å². The van der Waals surface area contributed by atoms with Gasteiger partial charge in [-0.25, -0.2) is 0 Å². The fourth-order valence-corrected chi connectivity index (χ4v) is 5.66. The lowest BCUT2D eigenvalue weighted by atomic mass is 9.84. The molecular formula is C19H22N2O2S. The van der Waals surface area contributed by atoms with E-state index in [-0.39, 0.29) is 17.9 Å². The fourth-order valence-electron chi connectivity index (χ4n) is 4.50. The molecule has 1 saturated carbocycles. The second-order valence-corrected chi connectivity index (χ2v) is 8.08. The van der Waals surface area contributed by atoms with Crippen LogP contribution in [-0.4, -0.2) is 28.8 Å². The van der Waals surface area contributed by atoms with Gasteiger partial charge in [-0.2, -0.15) is 0 Å². The molecular weight excluding hydrogens is 320 g/mol. The summed E-state index contributed by atoms with van der Waals surface area (Å²) in [7, 11) is 0. The van der Waals surface area contributed by atoms with Gasteiger partial charge in [-0.15, -0.1) is 11.3 Å². The molecule has 2 aromatic rings. The summed E-state index contributed by atoms with van der Waals surface area (Å²) >= 11 is 1.53. The van der Waals surface area contributed by atoms with Gasteiger partial charge in [0.2, 0.25) is 5.91 Å². The van der Waals surface area contributed by atoms with E-state index in [2.05, 4.69) is 6.07 Å². The van der Waals surface area contributed by atoms with Gasteiger partial charge >= 0.3 is 0 Å². The van der Waals surface area contributed by atoms with E-state index in [0.717, 1.165) is 46.2 Å². The van der Waals surface area contributed by atoms with Crippen LogP contribution in [-0.2, 0) is 4.79 Å². The first-order chi connectivity index (χ1) is 11.6. The molecule has 5 heteroatoms. The summed E-state index contributed by atoms with van der Waals surface area (Å²) in [5.41, 5.74) is 6.66. The Bertz CT molecular complexity index is 813. The lowest BCUT2D eigenvalue weighted by Gasteiger charge is -2.33. The highest BCUT2D eigenvalue weighted by molar-refractivity contribution is 7.21. The minimum Gasteiger partial charge on any atom is -0.368 e. The van der Waals surface area contributed by atoms with Crippen LogP contribution in [0, 0.1) is 12.8 Å². The highest BCUT2D eigenvalue weighted by Gasteiger charge is 2.47. The van der Waals surface area contributed by atoms with Gasteiger partial charge in [0.05, 0.1) is 4.88 Å². The van der Waals surface area contributed by atoms with Crippen LogP contribution in [0.25, 0.3) is 10.1 Å². The molecule has 0 unspecified atom stereocenters. The third kappa shape index (κ3) is 2.34. The van der Waals surface area contributed by atoms with Crippen molar-refractivity contribution in [2.24, 2.45) is 11.7 Å².